The number of ether oxygens (including phenoxy) is 1. The van der Waals surface area contributed by atoms with Crippen LogP contribution in [0.1, 0.15) is 6.92 Å². The van der Waals surface area contributed by atoms with Crippen molar-refractivity contribution in [1.29, 1.82) is 0 Å². The van der Waals surface area contributed by atoms with Crippen molar-refractivity contribution in [2.75, 3.05) is 49.1 Å². The van der Waals surface area contributed by atoms with Crippen molar-refractivity contribution in [3.63, 3.8) is 0 Å². The maximum absolute atomic E-state index is 14.2. The summed E-state index contributed by atoms with van der Waals surface area (Å²) in [6.07, 6.45) is -2.39. The number of piperazine rings is 1. The third-order valence-electron chi connectivity index (χ3n) is 4.75. The van der Waals surface area contributed by atoms with Gasteiger partial charge in [-0.05, 0) is 24.3 Å². The number of halogens is 1. The minimum Gasteiger partial charge on any atom is -0.442 e. The van der Waals surface area contributed by atoms with Gasteiger partial charge in [-0.15, -0.1) is 0 Å². The van der Waals surface area contributed by atoms with Gasteiger partial charge in [0.25, 0.3) is 5.91 Å². The monoisotopic (exact) mass is 394 g/mol. The lowest BCUT2D eigenvalue weighted by Crippen LogP contribution is -2.54. The molecule has 1 aromatic rings. The smallest absolute Gasteiger partial charge is 0.414 e. The van der Waals surface area contributed by atoms with E-state index in [-0.39, 0.29) is 25.5 Å². The van der Waals surface area contributed by atoms with Crippen LogP contribution in [-0.2, 0) is 14.3 Å². The Labute approximate surface area is 161 Å². The molecule has 28 heavy (non-hydrogen) atoms. The van der Waals surface area contributed by atoms with Crippen LogP contribution in [0.2, 0.25) is 0 Å². The second-order valence-corrected chi connectivity index (χ2v) is 6.70. The number of rotatable bonds is 5. The molecule has 2 fully saturated rings. The number of aliphatic hydroxyl groups is 1. The average molecular weight is 394 g/mol. The highest BCUT2D eigenvalue weighted by molar-refractivity contribution is 5.90. The van der Waals surface area contributed by atoms with Gasteiger partial charge in [0, 0.05) is 31.4 Å². The number of benzene rings is 1. The topological polar surface area (TPSA) is 102 Å². The van der Waals surface area contributed by atoms with Crippen LogP contribution < -0.4 is 15.1 Å². The maximum Gasteiger partial charge on any atom is 0.414 e. The van der Waals surface area contributed by atoms with Crippen molar-refractivity contribution in [3.05, 3.63) is 24.3 Å². The van der Waals surface area contributed by atoms with Gasteiger partial charge in [-0.25, -0.2) is 9.18 Å². The van der Waals surface area contributed by atoms with Gasteiger partial charge < -0.3 is 25.0 Å². The molecule has 0 unspecified atom stereocenters. The molecular formula is C18H23FN4O5. The highest BCUT2D eigenvalue weighted by Crippen LogP contribution is 2.26. The fourth-order valence-electron chi connectivity index (χ4n) is 3.29. The van der Waals surface area contributed by atoms with Gasteiger partial charge >= 0.3 is 6.09 Å². The Balaban J connectivity index is 1.60. The molecule has 9 nitrogen and oxygen atoms in total. The molecule has 3 amide bonds. The summed E-state index contributed by atoms with van der Waals surface area (Å²) >= 11 is 0. The molecule has 2 atom stereocenters. The number of hydrogen-bond donors (Lipinski definition) is 2. The van der Waals surface area contributed by atoms with Crippen molar-refractivity contribution in [3.8, 4) is 0 Å². The van der Waals surface area contributed by atoms with E-state index in [4.69, 9.17) is 9.84 Å². The fourth-order valence-corrected chi connectivity index (χ4v) is 3.29. The van der Waals surface area contributed by atoms with E-state index < -0.39 is 31.0 Å². The summed E-state index contributed by atoms with van der Waals surface area (Å²) in [6.45, 7) is 1.91. The van der Waals surface area contributed by atoms with E-state index in [1.165, 1.54) is 11.8 Å². The van der Waals surface area contributed by atoms with Crippen LogP contribution in [0.3, 0.4) is 0 Å². The molecule has 152 valence electrons. The Morgan fingerprint density at radius 1 is 1.21 bits per heavy atom. The number of cyclic esters (lactones) is 1. The molecule has 2 aliphatic heterocycles. The number of nitrogens with zero attached hydrogens (tertiary/aromatic N) is 3. The molecular weight excluding hydrogens is 371 g/mol. The number of carbonyl (C=O) groups is 3. The van der Waals surface area contributed by atoms with Crippen molar-refractivity contribution in [2.24, 2.45) is 0 Å². The van der Waals surface area contributed by atoms with Crippen LogP contribution in [-0.4, -0.2) is 79.6 Å². The zero-order valence-corrected chi connectivity index (χ0v) is 15.5. The molecule has 0 saturated carbocycles. The third-order valence-corrected chi connectivity index (χ3v) is 4.75. The van der Waals surface area contributed by atoms with Gasteiger partial charge in [0.1, 0.15) is 12.7 Å². The van der Waals surface area contributed by atoms with E-state index in [1.807, 2.05) is 0 Å². The second-order valence-electron chi connectivity index (χ2n) is 6.70. The van der Waals surface area contributed by atoms with Crippen LogP contribution in [0, 0.1) is 0 Å². The highest BCUT2D eigenvalue weighted by Gasteiger charge is 2.33. The first-order valence-electron chi connectivity index (χ1n) is 9.01. The lowest BCUT2D eigenvalue weighted by molar-refractivity contribution is -0.140. The summed E-state index contributed by atoms with van der Waals surface area (Å²) in [5, 5.41) is 11.5. The molecule has 0 radical (unpaired) electrons. The van der Waals surface area contributed by atoms with Gasteiger partial charge in [-0.1, -0.05) is 0 Å². The Hall–Kier alpha value is -2.88. The number of amides is 3. The van der Waals surface area contributed by atoms with E-state index in [9.17, 15) is 18.8 Å². The normalized spacial score (nSPS) is 22.2. The molecule has 3 rings (SSSR count). The predicted molar refractivity (Wildman–Crippen MR) is 98.6 cm³/mol. The van der Waals surface area contributed by atoms with Crippen molar-refractivity contribution in [2.45, 2.75) is 19.3 Å². The van der Waals surface area contributed by atoms with Gasteiger partial charge in [0.2, 0.25) is 5.91 Å². The average Bonchev–Trinajstić information content (AvgIpc) is 3.06. The number of hydrogen-bond acceptors (Lipinski definition) is 6. The van der Waals surface area contributed by atoms with Gasteiger partial charge in [0.05, 0.1) is 19.6 Å². The molecule has 0 aromatic heterocycles. The lowest BCUT2D eigenvalue weighted by Gasteiger charge is -2.38. The van der Waals surface area contributed by atoms with Gasteiger partial charge in [-0.2, -0.15) is 0 Å². The van der Waals surface area contributed by atoms with E-state index in [0.717, 1.165) is 10.6 Å². The first-order chi connectivity index (χ1) is 13.4. The van der Waals surface area contributed by atoms with Crippen LogP contribution >= 0.6 is 0 Å². The SMILES string of the molecule is CC(=O)NC[C@H]1CN(c2ccc(N3CCN(C(=O)CO)[C@@H](F)C3)cc2)C(=O)O1. The Kier molecular flexibility index (Phi) is 5.98. The number of anilines is 2. The van der Waals surface area contributed by atoms with Crippen molar-refractivity contribution in [1.82, 2.24) is 10.2 Å². The molecule has 0 aliphatic carbocycles. The molecule has 2 saturated heterocycles. The predicted octanol–water partition coefficient (Wildman–Crippen LogP) is 0.0844. The molecule has 2 aliphatic rings. The summed E-state index contributed by atoms with van der Waals surface area (Å²) in [6, 6.07) is 7.05. The zero-order valence-electron chi connectivity index (χ0n) is 15.5. The van der Waals surface area contributed by atoms with Crippen LogP contribution in [0.15, 0.2) is 24.3 Å². The third kappa shape index (κ3) is 4.33. The molecule has 0 bridgehead atoms. The maximum atomic E-state index is 14.2. The zero-order chi connectivity index (χ0) is 20.3. The number of nitrogens with one attached hydrogen (secondary N) is 1. The van der Waals surface area contributed by atoms with E-state index in [1.54, 1.807) is 29.2 Å². The van der Waals surface area contributed by atoms with Crippen molar-refractivity contribution >= 4 is 29.3 Å². The van der Waals surface area contributed by atoms with E-state index in [0.29, 0.717) is 18.8 Å². The lowest BCUT2D eigenvalue weighted by atomic mass is 10.2. The van der Waals surface area contributed by atoms with Crippen LogP contribution in [0.25, 0.3) is 0 Å². The highest BCUT2D eigenvalue weighted by atomic mass is 19.1. The summed E-state index contributed by atoms with van der Waals surface area (Å²) in [7, 11) is 0. The molecule has 10 heteroatoms. The standard InChI is InChI=1S/C18H23FN4O5/c1-12(25)20-8-15-9-23(18(27)28-15)14-4-2-13(3-5-14)21-6-7-22(16(19)10-21)17(26)11-24/h2-5,15-16,24H,6-11H2,1H3,(H,20,25)/t15-,16+/m0/s1. The Morgan fingerprint density at radius 2 is 1.89 bits per heavy atom. The van der Waals surface area contributed by atoms with E-state index >= 15 is 0 Å². The first kappa shape index (κ1) is 19.9. The summed E-state index contributed by atoms with van der Waals surface area (Å²) < 4.78 is 19.5. The van der Waals surface area contributed by atoms with Crippen LogP contribution in [0.5, 0.6) is 0 Å². The summed E-state index contributed by atoms with van der Waals surface area (Å²) in [5.41, 5.74) is 1.41. The molecule has 2 N–H and O–H groups in total. The minimum absolute atomic E-state index is 0.00956. The largest absolute Gasteiger partial charge is 0.442 e. The Morgan fingerprint density at radius 3 is 2.50 bits per heavy atom. The Bertz CT molecular complexity index is 744. The molecule has 1 aromatic carbocycles. The minimum atomic E-state index is -1.49. The molecule has 0 spiro atoms. The van der Waals surface area contributed by atoms with Gasteiger partial charge in [0.15, 0.2) is 6.30 Å². The number of aliphatic hydroxyl groups excluding tert-OH is 1. The second kappa shape index (κ2) is 8.42. The van der Waals surface area contributed by atoms with E-state index in [2.05, 4.69) is 5.32 Å². The quantitative estimate of drug-likeness (QED) is 0.686. The summed E-state index contributed by atoms with van der Waals surface area (Å²) in [5.74, 6) is -0.810. The van der Waals surface area contributed by atoms with Gasteiger partial charge in [-0.3, -0.25) is 14.5 Å². The van der Waals surface area contributed by atoms with Crippen LogP contribution in [0.4, 0.5) is 20.6 Å². The number of alkyl halides is 1. The number of carbonyl (C=O) groups excluding carboxylic acids is 3. The summed E-state index contributed by atoms with van der Waals surface area (Å²) in [4.78, 5) is 38.9. The molecule has 2 heterocycles. The van der Waals surface area contributed by atoms with Crippen molar-refractivity contribution < 1.29 is 28.6 Å². The fraction of sp³-hybridized carbons (Fsp3) is 0.500. The first-order valence-corrected chi connectivity index (χ1v) is 9.01.